The van der Waals surface area contributed by atoms with Crippen molar-refractivity contribution in [3.8, 4) is 0 Å². The highest BCUT2D eigenvalue weighted by atomic mass is 32.1. The molecule has 0 aromatic heterocycles. The zero-order valence-electron chi connectivity index (χ0n) is 10.9. The second kappa shape index (κ2) is 4.60. The van der Waals surface area contributed by atoms with Crippen LogP contribution in [0.3, 0.4) is 0 Å². The fourth-order valence-corrected chi connectivity index (χ4v) is 3.62. The second-order valence-corrected chi connectivity index (χ2v) is 6.02. The van der Waals surface area contributed by atoms with Gasteiger partial charge in [-0.2, -0.15) is 0 Å². The van der Waals surface area contributed by atoms with E-state index >= 15 is 0 Å². The molecule has 1 aromatic carbocycles. The third kappa shape index (κ3) is 1.94. The summed E-state index contributed by atoms with van der Waals surface area (Å²) in [7, 11) is 0. The molecule has 19 heavy (non-hydrogen) atoms. The molecular formula is C15H18N2OS. The van der Waals surface area contributed by atoms with Crippen molar-refractivity contribution in [2.45, 2.75) is 38.8 Å². The van der Waals surface area contributed by atoms with Gasteiger partial charge in [0.05, 0.1) is 10.4 Å². The number of nitrogens with two attached hydrogens (primary N) is 1. The molecule has 1 fully saturated rings. The van der Waals surface area contributed by atoms with Crippen LogP contribution in [0.1, 0.15) is 36.8 Å². The standard InChI is InChI=1S/C15H18N2OS/c16-13(19)15(7-3-4-8-15)14(18)17-9-11-5-1-2-6-12(11)10-17/h1-2,5-6H,3-4,7-10H2,(H2,16,19). The SMILES string of the molecule is NC(=S)C1(C(=O)N2Cc3ccccc3C2)CCCC1. The second-order valence-electron chi connectivity index (χ2n) is 5.58. The molecule has 0 spiro atoms. The van der Waals surface area contributed by atoms with Crippen molar-refractivity contribution >= 4 is 23.1 Å². The molecule has 0 saturated heterocycles. The molecule has 1 amide bonds. The fourth-order valence-electron chi connectivity index (χ4n) is 3.32. The summed E-state index contributed by atoms with van der Waals surface area (Å²) >= 11 is 5.20. The van der Waals surface area contributed by atoms with Gasteiger partial charge in [-0.3, -0.25) is 4.79 Å². The van der Waals surface area contributed by atoms with E-state index < -0.39 is 5.41 Å². The van der Waals surface area contributed by atoms with E-state index in [1.807, 2.05) is 17.0 Å². The lowest BCUT2D eigenvalue weighted by Crippen LogP contribution is -2.47. The van der Waals surface area contributed by atoms with Crippen LogP contribution in [-0.4, -0.2) is 15.8 Å². The van der Waals surface area contributed by atoms with Gasteiger partial charge in [0.25, 0.3) is 0 Å². The van der Waals surface area contributed by atoms with Gasteiger partial charge in [0.15, 0.2) is 0 Å². The van der Waals surface area contributed by atoms with Crippen molar-refractivity contribution in [3.05, 3.63) is 35.4 Å². The number of hydrogen-bond acceptors (Lipinski definition) is 2. The number of amides is 1. The zero-order chi connectivity index (χ0) is 13.5. The van der Waals surface area contributed by atoms with Crippen LogP contribution in [0.2, 0.25) is 0 Å². The van der Waals surface area contributed by atoms with Crippen LogP contribution in [0.5, 0.6) is 0 Å². The van der Waals surface area contributed by atoms with E-state index in [1.54, 1.807) is 0 Å². The molecular weight excluding hydrogens is 256 g/mol. The predicted octanol–water partition coefficient (Wildman–Crippen LogP) is 2.38. The van der Waals surface area contributed by atoms with Gasteiger partial charge in [0.1, 0.15) is 0 Å². The van der Waals surface area contributed by atoms with Crippen molar-refractivity contribution in [1.29, 1.82) is 0 Å². The minimum atomic E-state index is -0.572. The van der Waals surface area contributed by atoms with Crippen molar-refractivity contribution in [2.24, 2.45) is 11.1 Å². The molecule has 2 N–H and O–H groups in total. The van der Waals surface area contributed by atoms with Crippen molar-refractivity contribution in [3.63, 3.8) is 0 Å². The molecule has 1 aliphatic carbocycles. The monoisotopic (exact) mass is 274 g/mol. The smallest absolute Gasteiger partial charge is 0.236 e. The third-order valence-corrected chi connectivity index (χ3v) is 4.86. The van der Waals surface area contributed by atoms with Crippen molar-refractivity contribution in [1.82, 2.24) is 4.90 Å². The fraction of sp³-hybridized carbons (Fsp3) is 0.467. The maximum Gasteiger partial charge on any atom is 0.236 e. The normalized spacial score (nSPS) is 20.3. The Bertz CT molecular complexity index is 510. The van der Waals surface area contributed by atoms with Gasteiger partial charge in [-0.1, -0.05) is 49.3 Å². The first-order valence-corrected chi connectivity index (χ1v) is 7.20. The molecule has 1 heterocycles. The number of rotatable bonds is 2. The number of fused-ring (bicyclic) bond motifs is 1. The maximum absolute atomic E-state index is 12.8. The first-order valence-electron chi connectivity index (χ1n) is 6.79. The van der Waals surface area contributed by atoms with E-state index in [4.69, 9.17) is 18.0 Å². The molecule has 0 atom stereocenters. The average molecular weight is 274 g/mol. The minimum Gasteiger partial charge on any atom is -0.392 e. The molecule has 0 radical (unpaired) electrons. The maximum atomic E-state index is 12.8. The Hall–Kier alpha value is -1.42. The quantitative estimate of drug-likeness (QED) is 0.842. The van der Waals surface area contributed by atoms with Crippen LogP contribution in [0.25, 0.3) is 0 Å². The molecule has 3 rings (SSSR count). The lowest BCUT2D eigenvalue weighted by atomic mass is 9.84. The number of hydrogen-bond donors (Lipinski definition) is 1. The first kappa shape index (κ1) is 12.6. The highest BCUT2D eigenvalue weighted by Crippen LogP contribution is 2.41. The molecule has 0 bridgehead atoms. The van der Waals surface area contributed by atoms with Crippen LogP contribution in [0.4, 0.5) is 0 Å². The Balaban J connectivity index is 1.84. The van der Waals surface area contributed by atoms with Crippen molar-refractivity contribution in [2.75, 3.05) is 0 Å². The third-order valence-electron chi connectivity index (χ3n) is 4.47. The zero-order valence-corrected chi connectivity index (χ0v) is 11.7. The summed E-state index contributed by atoms with van der Waals surface area (Å²) < 4.78 is 0. The topological polar surface area (TPSA) is 46.3 Å². The number of nitrogens with zero attached hydrogens (tertiary/aromatic N) is 1. The van der Waals surface area contributed by atoms with E-state index in [0.29, 0.717) is 18.1 Å². The molecule has 0 unspecified atom stereocenters. The van der Waals surface area contributed by atoms with Gasteiger partial charge in [0, 0.05) is 13.1 Å². The summed E-state index contributed by atoms with van der Waals surface area (Å²) in [6, 6.07) is 8.22. The summed E-state index contributed by atoms with van der Waals surface area (Å²) in [6.07, 6.45) is 3.72. The van der Waals surface area contributed by atoms with Gasteiger partial charge < -0.3 is 10.6 Å². The Morgan fingerprint density at radius 2 is 1.68 bits per heavy atom. The molecule has 2 aliphatic rings. The summed E-state index contributed by atoms with van der Waals surface area (Å²) in [5.74, 6) is 0.133. The van der Waals surface area contributed by atoms with Gasteiger partial charge in [-0.25, -0.2) is 0 Å². The highest BCUT2D eigenvalue weighted by molar-refractivity contribution is 7.80. The Morgan fingerprint density at radius 1 is 1.16 bits per heavy atom. The molecule has 1 aliphatic heterocycles. The number of thiocarbonyl (C=S) groups is 1. The van der Waals surface area contributed by atoms with Crippen molar-refractivity contribution < 1.29 is 4.79 Å². The van der Waals surface area contributed by atoms with Gasteiger partial charge >= 0.3 is 0 Å². The van der Waals surface area contributed by atoms with Crippen LogP contribution in [-0.2, 0) is 17.9 Å². The largest absolute Gasteiger partial charge is 0.392 e. The van der Waals surface area contributed by atoms with Crippen LogP contribution in [0.15, 0.2) is 24.3 Å². The lowest BCUT2D eigenvalue weighted by Gasteiger charge is -2.31. The number of carbonyl (C=O) groups is 1. The summed E-state index contributed by atoms with van der Waals surface area (Å²) in [5.41, 5.74) is 7.80. The molecule has 100 valence electrons. The van der Waals surface area contributed by atoms with E-state index in [2.05, 4.69) is 12.1 Å². The Labute approximate surface area is 118 Å². The highest BCUT2D eigenvalue weighted by Gasteiger charge is 2.46. The predicted molar refractivity (Wildman–Crippen MR) is 78.4 cm³/mol. The molecule has 4 heteroatoms. The summed E-state index contributed by atoms with van der Waals surface area (Å²) in [5, 5.41) is 0. The summed E-state index contributed by atoms with van der Waals surface area (Å²) in [6.45, 7) is 1.39. The average Bonchev–Trinajstić information content (AvgIpc) is 3.05. The number of carbonyl (C=O) groups excluding carboxylic acids is 1. The van der Waals surface area contributed by atoms with E-state index in [9.17, 15) is 4.79 Å². The van der Waals surface area contributed by atoms with Crippen LogP contribution >= 0.6 is 12.2 Å². The Kier molecular flexibility index (Phi) is 3.05. The summed E-state index contributed by atoms with van der Waals surface area (Å²) in [4.78, 5) is 15.1. The van der Waals surface area contributed by atoms with E-state index in [-0.39, 0.29) is 5.91 Å². The lowest BCUT2D eigenvalue weighted by molar-refractivity contribution is -0.138. The van der Waals surface area contributed by atoms with Crippen LogP contribution < -0.4 is 5.73 Å². The molecule has 1 saturated carbocycles. The Morgan fingerprint density at radius 3 is 2.16 bits per heavy atom. The van der Waals surface area contributed by atoms with Gasteiger partial charge in [-0.05, 0) is 24.0 Å². The van der Waals surface area contributed by atoms with Gasteiger partial charge in [0.2, 0.25) is 5.91 Å². The molecule has 1 aromatic rings. The minimum absolute atomic E-state index is 0.133. The van der Waals surface area contributed by atoms with Crippen LogP contribution in [0, 0.1) is 5.41 Å². The molecule has 3 nitrogen and oxygen atoms in total. The van der Waals surface area contributed by atoms with E-state index in [1.165, 1.54) is 11.1 Å². The van der Waals surface area contributed by atoms with Gasteiger partial charge in [-0.15, -0.1) is 0 Å². The first-order chi connectivity index (χ1) is 9.13. The number of benzene rings is 1. The van der Waals surface area contributed by atoms with E-state index in [0.717, 1.165) is 25.7 Å².